The van der Waals surface area contributed by atoms with Crippen LogP contribution in [0.1, 0.15) is 110 Å². The van der Waals surface area contributed by atoms with E-state index in [9.17, 15) is 0 Å². The van der Waals surface area contributed by atoms with E-state index in [1.807, 2.05) is 13.8 Å². The maximum absolute atomic E-state index is 6.38. The lowest BCUT2D eigenvalue weighted by molar-refractivity contribution is -0.236. The molecule has 0 aromatic heterocycles. The number of fused-ring (bicyclic) bond motifs is 1. The third-order valence-electron chi connectivity index (χ3n) is 7.43. The molecule has 2 saturated heterocycles. The molecule has 5 heteroatoms. The Kier molecular flexibility index (Phi) is 12.0. The van der Waals surface area contributed by atoms with Crippen LogP contribution in [0.3, 0.4) is 0 Å². The van der Waals surface area contributed by atoms with E-state index in [0.29, 0.717) is 12.5 Å². The second-order valence-corrected chi connectivity index (χ2v) is 11.1. The Balaban J connectivity index is 1.37. The van der Waals surface area contributed by atoms with E-state index in [2.05, 4.69) is 56.4 Å². The molecule has 6 atom stereocenters. The van der Waals surface area contributed by atoms with Crippen molar-refractivity contribution in [3.8, 4) is 0 Å². The van der Waals surface area contributed by atoms with Gasteiger partial charge >= 0.3 is 0 Å². The summed E-state index contributed by atoms with van der Waals surface area (Å²) in [7, 11) is 0. The largest absolute Gasteiger partial charge is 0.350 e. The Bertz CT molecular complexity index is 697. The van der Waals surface area contributed by atoms with Crippen molar-refractivity contribution in [1.29, 1.82) is 0 Å². The maximum Gasteiger partial charge on any atom is 0.187 e. The Labute approximate surface area is 214 Å². The molecule has 0 aliphatic carbocycles. The third-order valence-corrected chi connectivity index (χ3v) is 7.43. The van der Waals surface area contributed by atoms with Crippen LogP contribution in [-0.4, -0.2) is 49.6 Å². The van der Waals surface area contributed by atoms with Crippen molar-refractivity contribution in [3.05, 3.63) is 35.9 Å². The highest BCUT2D eigenvalue weighted by atomic mass is 16.8. The van der Waals surface area contributed by atoms with Gasteiger partial charge in [0.25, 0.3) is 0 Å². The molecule has 1 aromatic carbocycles. The number of ether oxygens (including phenoxy) is 4. The van der Waals surface area contributed by atoms with E-state index in [0.717, 1.165) is 13.0 Å². The molecule has 2 fully saturated rings. The summed E-state index contributed by atoms with van der Waals surface area (Å²) < 4.78 is 25.1. The smallest absolute Gasteiger partial charge is 0.187 e. The second kappa shape index (κ2) is 14.7. The molecule has 0 amide bonds. The molecule has 2 aliphatic heterocycles. The number of hydrogen-bond acceptors (Lipinski definition) is 5. The van der Waals surface area contributed by atoms with Crippen LogP contribution in [0.5, 0.6) is 0 Å². The summed E-state index contributed by atoms with van der Waals surface area (Å²) in [5.41, 5.74) is 1.34. The van der Waals surface area contributed by atoms with Crippen LogP contribution in [-0.2, 0) is 18.9 Å². The highest BCUT2D eigenvalue weighted by molar-refractivity contribution is 5.19. The zero-order valence-electron chi connectivity index (χ0n) is 23.0. The van der Waals surface area contributed by atoms with Gasteiger partial charge in [-0.25, -0.2) is 0 Å². The summed E-state index contributed by atoms with van der Waals surface area (Å²) >= 11 is 0. The molecule has 0 saturated carbocycles. The van der Waals surface area contributed by atoms with Crippen LogP contribution in [0.15, 0.2) is 30.3 Å². The van der Waals surface area contributed by atoms with Gasteiger partial charge in [-0.15, -0.1) is 0 Å². The summed E-state index contributed by atoms with van der Waals surface area (Å²) in [5.74, 6) is -0.177. The number of rotatable bonds is 17. The fraction of sp³-hybridized carbons (Fsp3) is 0.800. The molecule has 200 valence electrons. The van der Waals surface area contributed by atoms with E-state index >= 15 is 0 Å². The normalized spacial score (nSPS) is 27.1. The van der Waals surface area contributed by atoms with Crippen LogP contribution in [0.2, 0.25) is 0 Å². The topological polar surface area (TPSA) is 49.0 Å². The Hall–Kier alpha value is -0.980. The summed E-state index contributed by atoms with van der Waals surface area (Å²) in [6, 6.07) is 10.8. The van der Waals surface area contributed by atoms with Gasteiger partial charge in [-0.3, -0.25) is 0 Å². The first-order valence-electron chi connectivity index (χ1n) is 14.3. The maximum atomic E-state index is 6.38. The highest BCUT2D eigenvalue weighted by Gasteiger charge is 2.56. The average molecular weight is 490 g/mol. The summed E-state index contributed by atoms with van der Waals surface area (Å²) in [6.45, 7) is 12.3. The zero-order chi connectivity index (χ0) is 25.1. The van der Waals surface area contributed by atoms with Crippen molar-refractivity contribution in [1.82, 2.24) is 5.32 Å². The summed E-state index contributed by atoms with van der Waals surface area (Å²) in [6.07, 6.45) is 12.5. The zero-order valence-corrected chi connectivity index (χ0v) is 23.0. The van der Waals surface area contributed by atoms with Crippen LogP contribution >= 0.6 is 0 Å². The molecule has 2 heterocycles. The summed E-state index contributed by atoms with van der Waals surface area (Å²) in [4.78, 5) is 0. The molecular formula is C30H51NO4. The van der Waals surface area contributed by atoms with E-state index in [1.54, 1.807) is 0 Å². The summed E-state index contributed by atoms with van der Waals surface area (Å²) in [5, 5.41) is 3.68. The van der Waals surface area contributed by atoms with E-state index in [-0.39, 0.29) is 30.6 Å². The monoisotopic (exact) mass is 489 g/mol. The van der Waals surface area contributed by atoms with Crippen molar-refractivity contribution in [2.24, 2.45) is 0 Å². The molecule has 1 aromatic rings. The van der Waals surface area contributed by atoms with Gasteiger partial charge in [0.15, 0.2) is 12.1 Å². The van der Waals surface area contributed by atoms with Gasteiger partial charge in [0.05, 0.1) is 0 Å². The van der Waals surface area contributed by atoms with Crippen LogP contribution in [0.4, 0.5) is 0 Å². The van der Waals surface area contributed by atoms with E-state index in [4.69, 9.17) is 18.9 Å². The Morgan fingerprint density at radius 1 is 0.857 bits per heavy atom. The van der Waals surface area contributed by atoms with Gasteiger partial charge < -0.3 is 24.3 Å². The van der Waals surface area contributed by atoms with Gasteiger partial charge in [0.1, 0.15) is 18.3 Å². The van der Waals surface area contributed by atoms with E-state index < -0.39 is 5.79 Å². The fourth-order valence-corrected chi connectivity index (χ4v) is 5.30. The molecule has 1 unspecified atom stereocenters. The lowest BCUT2D eigenvalue weighted by Gasteiger charge is -2.28. The molecule has 2 aliphatic rings. The number of unbranched alkanes of at least 4 members (excludes halogenated alkanes) is 9. The molecule has 35 heavy (non-hydrogen) atoms. The first-order chi connectivity index (χ1) is 16.9. The predicted molar refractivity (Wildman–Crippen MR) is 143 cm³/mol. The first-order valence-corrected chi connectivity index (χ1v) is 14.3. The van der Waals surface area contributed by atoms with Crippen molar-refractivity contribution in [3.63, 3.8) is 0 Å². The minimum Gasteiger partial charge on any atom is -0.350 e. The predicted octanol–water partition coefficient (Wildman–Crippen LogP) is 6.95. The van der Waals surface area contributed by atoms with Crippen LogP contribution < -0.4 is 5.32 Å². The van der Waals surface area contributed by atoms with Gasteiger partial charge in [-0.1, -0.05) is 102 Å². The third kappa shape index (κ3) is 9.12. The average Bonchev–Trinajstić information content (AvgIpc) is 3.34. The molecule has 0 bridgehead atoms. The minimum absolute atomic E-state index is 0.0949. The molecule has 5 nitrogen and oxygen atoms in total. The van der Waals surface area contributed by atoms with Crippen LogP contribution in [0.25, 0.3) is 0 Å². The SMILES string of the molecule is CCCCCCCCCCCCO[C@H]1O[C@H]([C@H](C)NCC(C)c2ccccc2)[C@@H]2OC(C)(C)O[C@H]12. The van der Waals surface area contributed by atoms with Crippen molar-refractivity contribution in [2.45, 2.75) is 141 Å². The lowest BCUT2D eigenvalue weighted by atomic mass is 10.00. The quantitative estimate of drug-likeness (QED) is 0.240. The van der Waals surface area contributed by atoms with Gasteiger partial charge in [0.2, 0.25) is 0 Å². The first kappa shape index (κ1) is 28.6. The molecule has 0 spiro atoms. The Morgan fingerprint density at radius 2 is 1.46 bits per heavy atom. The van der Waals surface area contributed by atoms with E-state index in [1.165, 1.54) is 63.4 Å². The molecule has 1 N–H and O–H groups in total. The number of hydrogen-bond donors (Lipinski definition) is 1. The minimum atomic E-state index is -0.604. The molecular weight excluding hydrogens is 438 g/mol. The molecule has 0 radical (unpaired) electrons. The number of nitrogens with one attached hydrogen (secondary N) is 1. The van der Waals surface area contributed by atoms with Gasteiger partial charge in [0, 0.05) is 19.2 Å². The van der Waals surface area contributed by atoms with Crippen molar-refractivity contribution in [2.75, 3.05) is 13.2 Å². The van der Waals surface area contributed by atoms with Crippen molar-refractivity contribution < 1.29 is 18.9 Å². The second-order valence-electron chi connectivity index (χ2n) is 11.1. The lowest BCUT2D eigenvalue weighted by Crippen LogP contribution is -2.45. The Morgan fingerprint density at radius 3 is 2.11 bits per heavy atom. The standard InChI is InChI=1S/C30H51NO4/c1-6-7-8-9-10-11-12-13-14-18-21-32-29-28-27(34-30(4,5)35-28)26(33-29)24(3)31-22-23(2)25-19-16-15-17-20-25/h15-17,19-20,23-24,26-29,31H,6-14,18,21-22H2,1-5H3/t23?,24-,26+,27-,28-,29-/m0/s1. The molecule has 3 rings (SSSR count). The van der Waals surface area contributed by atoms with Crippen molar-refractivity contribution >= 4 is 0 Å². The van der Waals surface area contributed by atoms with Gasteiger partial charge in [-0.2, -0.15) is 0 Å². The van der Waals surface area contributed by atoms with Gasteiger partial charge in [-0.05, 0) is 38.7 Å². The highest BCUT2D eigenvalue weighted by Crippen LogP contribution is 2.40. The number of benzene rings is 1. The fourth-order valence-electron chi connectivity index (χ4n) is 5.30. The van der Waals surface area contributed by atoms with Crippen LogP contribution in [0, 0.1) is 0 Å².